The van der Waals surface area contributed by atoms with E-state index in [1.165, 1.54) is 11.1 Å². The molecule has 104 valence electrons. The van der Waals surface area contributed by atoms with Crippen molar-refractivity contribution in [2.24, 2.45) is 0 Å². The summed E-state index contributed by atoms with van der Waals surface area (Å²) >= 11 is 0. The predicted molar refractivity (Wildman–Crippen MR) is 82.8 cm³/mol. The molecule has 2 heteroatoms. The largest absolute Gasteiger partial charge is 0.310 e. The zero-order valence-electron chi connectivity index (χ0n) is 12.4. The van der Waals surface area contributed by atoms with Gasteiger partial charge >= 0.3 is 0 Å². The monoisotopic (exact) mass is 258 g/mol. The van der Waals surface area contributed by atoms with Gasteiger partial charge in [0.15, 0.2) is 0 Å². The molecule has 2 nitrogen and oxygen atoms in total. The molecule has 0 aliphatic heterocycles. The van der Waals surface area contributed by atoms with Crippen molar-refractivity contribution in [3.63, 3.8) is 0 Å². The smallest absolute Gasteiger partial charge is 0.0601 e. The van der Waals surface area contributed by atoms with Gasteiger partial charge in [-0.1, -0.05) is 51.0 Å². The maximum Gasteiger partial charge on any atom is 0.0601 e. The quantitative estimate of drug-likeness (QED) is 0.721. The van der Waals surface area contributed by atoms with Crippen LogP contribution in [-0.4, -0.2) is 24.0 Å². The normalized spacial score (nSPS) is 10.9. The third kappa shape index (κ3) is 6.42. The van der Waals surface area contributed by atoms with Crippen LogP contribution in [0.2, 0.25) is 0 Å². The highest BCUT2D eigenvalue weighted by Crippen LogP contribution is 2.08. The number of nitrogens with one attached hydrogen (secondary N) is 1. The highest BCUT2D eigenvalue weighted by Gasteiger charge is 2.03. The van der Waals surface area contributed by atoms with E-state index in [9.17, 15) is 0 Å². The molecular formula is C17H26N2. The van der Waals surface area contributed by atoms with Gasteiger partial charge in [0.05, 0.1) is 6.54 Å². The maximum absolute atomic E-state index is 5.41. The van der Waals surface area contributed by atoms with Crippen molar-refractivity contribution in [1.29, 1.82) is 0 Å². The average molecular weight is 258 g/mol. The molecule has 0 unspecified atom stereocenters. The van der Waals surface area contributed by atoms with Crippen LogP contribution in [0.4, 0.5) is 0 Å². The summed E-state index contributed by atoms with van der Waals surface area (Å²) < 4.78 is 0. The maximum atomic E-state index is 5.41. The van der Waals surface area contributed by atoms with Crippen molar-refractivity contribution in [3.8, 4) is 12.3 Å². The van der Waals surface area contributed by atoms with Crippen LogP contribution in [0, 0.1) is 12.3 Å². The molecule has 0 bridgehead atoms. The van der Waals surface area contributed by atoms with Crippen molar-refractivity contribution in [2.45, 2.75) is 46.3 Å². The van der Waals surface area contributed by atoms with Gasteiger partial charge in [-0.25, -0.2) is 0 Å². The molecule has 0 atom stereocenters. The Morgan fingerprint density at radius 1 is 1.21 bits per heavy atom. The fraction of sp³-hybridized carbons (Fsp3) is 0.529. The predicted octanol–water partition coefficient (Wildman–Crippen LogP) is 3.03. The lowest BCUT2D eigenvalue weighted by Crippen LogP contribution is -2.24. The van der Waals surface area contributed by atoms with E-state index in [1.807, 2.05) is 0 Å². The molecule has 1 rings (SSSR count). The van der Waals surface area contributed by atoms with Crippen LogP contribution < -0.4 is 5.32 Å². The molecule has 0 saturated heterocycles. The highest BCUT2D eigenvalue weighted by atomic mass is 15.1. The molecule has 0 aliphatic carbocycles. The number of hydrogen-bond acceptors (Lipinski definition) is 2. The molecule has 0 saturated carbocycles. The Morgan fingerprint density at radius 3 is 2.37 bits per heavy atom. The SMILES string of the molecule is C#CCN(CCC)Cc1ccc(CNC(C)C)cc1. The Bertz CT molecular complexity index is 387. The van der Waals surface area contributed by atoms with Gasteiger partial charge in [-0.3, -0.25) is 4.90 Å². The minimum atomic E-state index is 0.523. The molecule has 0 fully saturated rings. The number of rotatable bonds is 8. The molecular weight excluding hydrogens is 232 g/mol. The number of terminal acetylenes is 1. The van der Waals surface area contributed by atoms with Crippen LogP contribution in [0.25, 0.3) is 0 Å². The number of hydrogen-bond donors (Lipinski definition) is 1. The first-order chi connectivity index (χ1) is 9.15. The average Bonchev–Trinajstić information content (AvgIpc) is 2.38. The number of benzene rings is 1. The Balaban J connectivity index is 2.53. The van der Waals surface area contributed by atoms with E-state index in [4.69, 9.17) is 6.42 Å². The van der Waals surface area contributed by atoms with E-state index >= 15 is 0 Å². The molecule has 0 aromatic heterocycles. The minimum Gasteiger partial charge on any atom is -0.310 e. The number of nitrogens with zero attached hydrogens (tertiary/aromatic N) is 1. The molecule has 1 aromatic carbocycles. The second-order valence-corrected chi connectivity index (χ2v) is 5.27. The second kappa shape index (κ2) is 8.74. The summed E-state index contributed by atoms with van der Waals surface area (Å²) in [6.07, 6.45) is 6.54. The van der Waals surface area contributed by atoms with Gasteiger partial charge in [0.1, 0.15) is 0 Å². The second-order valence-electron chi connectivity index (χ2n) is 5.27. The third-order valence-electron chi connectivity index (χ3n) is 3.00. The zero-order valence-corrected chi connectivity index (χ0v) is 12.4. The molecule has 0 spiro atoms. The summed E-state index contributed by atoms with van der Waals surface area (Å²) in [5.41, 5.74) is 2.66. The zero-order chi connectivity index (χ0) is 14.1. The molecule has 0 heterocycles. The fourth-order valence-corrected chi connectivity index (χ4v) is 2.00. The van der Waals surface area contributed by atoms with Gasteiger partial charge in [0.2, 0.25) is 0 Å². The van der Waals surface area contributed by atoms with Crippen molar-refractivity contribution in [1.82, 2.24) is 10.2 Å². The van der Waals surface area contributed by atoms with Crippen LogP contribution >= 0.6 is 0 Å². The lowest BCUT2D eigenvalue weighted by atomic mass is 10.1. The Hall–Kier alpha value is -1.30. The van der Waals surface area contributed by atoms with Crippen molar-refractivity contribution >= 4 is 0 Å². The molecule has 1 aromatic rings. The molecule has 0 amide bonds. The van der Waals surface area contributed by atoms with E-state index < -0.39 is 0 Å². The van der Waals surface area contributed by atoms with E-state index in [0.717, 1.165) is 32.6 Å². The summed E-state index contributed by atoms with van der Waals surface area (Å²) in [4.78, 5) is 2.31. The van der Waals surface area contributed by atoms with Crippen molar-refractivity contribution in [2.75, 3.05) is 13.1 Å². The van der Waals surface area contributed by atoms with E-state index in [-0.39, 0.29) is 0 Å². The first-order valence-electron chi connectivity index (χ1n) is 7.12. The van der Waals surface area contributed by atoms with Crippen LogP contribution in [0.15, 0.2) is 24.3 Å². The van der Waals surface area contributed by atoms with Crippen molar-refractivity contribution < 1.29 is 0 Å². The Morgan fingerprint density at radius 2 is 1.84 bits per heavy atom. The van der Waals surface area contributed by atoms with Gasteiger partial charge in [0, 0.05) is 19.1 Å². The van der Waals surface area contributed by atoms with Crippen LogP contribution in [0.5, 0.6) is 0 Å². The summed E-state index contributed by atoms with van der Waals surface area (Å²) in [6.45, 7) is 10.2. The molecule has 19 heavy (non-hydrogen) atoms. The van der Waals surface area contributed by atoms with Gasteiger partial charge in [-0.05, 0) is 24.1 Å². The standard InChI is InChI=1S/C17H26N2/c1-5-11-19(12-6-2)14-17-9-7-16(8-10-17)13-18-15(3)4/h1,7-10,15,18H,6,11-14H2,2-4H3. The van der Waals surface area contributed by atoms with E-state index in [0.29, 0.717) is 6.04 Å². The van der Waals surface area contributed by atoms with Crippen LogP contribution in [-0.2, 0) is 13.1 Å². The third-order valence-corrected chi connectivity index (χ3v) is 3.00. The topological polar surface area (TPSA) is 15.3 Å². The summed E-state index contributed by atoms with van der Waals surface area (Å²) in [5, 5.41) is 3.43. The lowest BCUT2D eigenvalue weighted by Gasteiger charge is -2.19. The summed E-state index contributed by atoms with van der Waals surface area (Å²) in [6, 6.07) is 9.33. The first kappa shape index (κ1) is 15.8. The van der Waals surface area contributed by atoms with Gasteiger partial charge in [0.25, 0.3) is 0 Å². The van der Waals surface area contributed by atoms with Gasteiger partial charge in [-0.2, -0.15) is 0 Å². The summed E-state index contributed by atoms with van der Waals surface area (Å²) in [7, 11) is 0. The minimum absolute atomic E-state index is 0.523. The van der Waals surface area contributed by atoms with E-state index in [1.54, 1.807) is 0 Å². The molecule has 1 N–H and O–H groups in total. The van der Waals surface area contributed by atoms with Crippen molar-refractivity contribution in [3.05, 3.63) is 35.4 Å². The van der Waals surface area contributed by atoms with Gasteiger partial charge < -0.3 is 5.32 Å². The lowest BCUT2D eigenvalue weighted by molar-refractivity contribution is 0.299. The van der Waals surface area contributed by atoms with Gasteiger partial charge in [-0.15, -0.1) is 6.42 Å². The first-order valence-corrected chi connectivity index (χ1v) is 7.12. The fourth-order valence-electron chi connectivity index (χ4n) is 2.00. The van der Waals surface area contributed by atoms with E-state index in [2.05, 4.69) is 61.2 Å². The highest BCUT2D eigenvalue weighted by molar-refractivity contribution is 5.22. The Labute approximate surface area is 118 Å². The molecule has 0 radical (unpaired) electrons. The van der Waals surface area contributed by atoms with Crippen LogP contribution in [0.3, 0.4) is 0 Å². The molecule has 0 aliphatic rings. The Kier molecular flexibility index (Phi) is 7.25. The summed E-state index contributed by atoms with van der Waals surface area (Å²) in [5.74, 6) is 2.73. The van der Waals surface area contributed by atoms with Crippen LogP contribution in [0.1, 0.15) is 38.3 Å².